The van der Waals surface area contributed by atoms with Gasteiger partial charge < -0.3 is 48.8 Å². The molecule has 284 valence electrons. The second-order valence-electron chi connectivity index (χ2n) is 12.9. The first-order valence-corrected chi connectivity index (χ1v) is 16.6. The number of fused-ring (bicyclic) bond motifs is 2. The molecule has 0 fully saturated rings. The first kappa shape index (κ1) is 40.9. The van der Waals surface area contributed by atoms with E-state index in [0.717, 1.165) is 12.1 Å². The smallest absolute Gasteiger partial charge is 0.342 e. The molecule has 0 radical (unpaired) electrons. The van der Waals surface area contributed by atoms with Crippen LogP contribution in [0.1, 0.15) is 99.1 Å². The number of carbonyl (C=O) groups excluding carboxylic acids is 6. The van der Waals surface area contributed by atoms with Gasteiger partial charge in [0.15, 0.2) is 0 Å². The normalized spacial score (nSPS) is 25.3. The van der Waals surface area contributed by atoms with Gasteiger partial charge in [-0.2, -0.15) is 0 Å². The van der Waals surface area contributed by atoms with Crippen LogP contribution >= 0.6 is 0 Å². The first-order valence-electron chi connectivity index (χ1n) is 16.6. The molecular weight excluding hydrogens is 688 g/mol. The fraction of sp³-hybridized carbons (Fsp3) is 0.500. The Morgan fingerprint density at radius 1 is 0.404 bits per heavy atom. The maximum absolute atomic E-state index is 13.2. The Morgan fingerprint density at radius 3 is 0.942 bits per heavy atom. The predicted octanol–water partition coefficient (Wildman–Crippen LogP) is 3.69. The van der Waals surface area contributed by atoms with Gasteiger partial charge >= 0.3 is 35.8 Å². The number of ether oxygens (including phenoxy) is 6. The van der Waals surface area contributed by atoms with Crippen LogP contribution in [-0.2, 0) is 60.4 Å². The number of cyclic esters (lactones) is 6. The van der Waals surface area contributed by atoms with Gasteiger partial charge in [0.2, 0.25) is 0 Å². The number of rotatable bonds is 0. The summed E-state index contributed by atoms with van der Waals surface area (Å²) < 4.78 is 32.1. The molecule has 0 saturated heterocycles. The number of esters is 6. The van der Waals surface area contributed by atoms with Crippen molar-refractivity contribution in [3.63, 3.8) is 0 Å². The molecule has 0 amide bonds. The summed E-state index contributed by atoms with van der Waals surface area (Å²) in [5, 5.41) is 41.3. The quantitative estimate of drug-likeness (QED) is 0.223. The monoisotopic (exact) mass is 732 g/mol. The molecule has 6 atom stereocenters. The van der Waals surface area contributed by atoms with E-state index < -0.39 is 103 Å². The minimum atomic E-state index is -1.08. The molecule has 0 saturated carbocycles. The number of carbonyl (C=O) groups is 6. The zero-order chi connectivity index (χ0) is 38.9. The lowest BCUT2D eigenvalue weighted by Crippen LogP contribution is -2.27. The number of benzene rings is 2. The van der Waals surface area contributed by atoms with Gasteiger partial charge in [-0.15, -0.1) is 0 Å². The van der Waals surface area contributed by atoms with Crippen molar-refractivity contribution in [1.82, 2.24) is 0 Å². The lowest BCUT2D eigenvalue weighted by Gasteiger charge is -2.21. The highest BCUT2D eigenvalue weighted by atomic mass is 16.6. The predicted molar refractivity (Wildman–Crippen MR) is 177 cm³/mol. The van der Waals surface area contributed by atoms with Gasteiger partial charge in [0.05, 0.1) is 25.7 Å². The van der Waals surface area contributed by atoms with Crippen molar-refractivity contribution in [2.45, 2.75) is 117 Å². The lowest BCUT2D eigenvalue weighted by molar-refractivity contribution is -0.160. The summed E-state index contributed by atoms with van der Waals surface area (Å²) in [4.78, 5) is 76.7. The fourth-order valence-electron chi connectivity index (χ4n) is 5.51. The number of phenols is 4. The summed E-state index contributed by atoms with van der Waals surface area (Å²) in [6, 6.07) is 4.19. The third-order valence-electron chi connectivity index (χ3n) is 7.55. The third kappa shape index (κ3) is 12.3. The van der Waals surface area contributed by atoms with Crippen LogP contribution in [0.4, 0.5) is 0 Å². The van der Waals surface area contributed by atoms with E-state index in [-0.39, 0.29) is 53.7 Å². The summed E-state index contributed by atoms with van der Waals surface area (Å²) in [5.74, 6) is -7.27. The summed E-state index contributed by atoms with van der Waals surface area (Å²) >= 11 is 0. The lowest BCUT2D eigenvalue weighted by atomic mass is 10.00. The standard InChI is InChI=1S/C36H44O16/c1-17-7-23-13-25(37)15-27(39)33(23)35(45)51-21(5)11-31(43)48-18(2)8-24-14-26(38)16-28(40)34(24)36(46)52-22(6)12-32(44)50-20(4)10-30(42)49-19(3)9-29(41)47-17/h13-22,37-40H,7-12H2,1-6H3/t17-,18-,19-,20-,21-,22-/m1/s1. The Kier molecular flexibility index (Phi) is 14.2. The van der Waals surface area contributed by atoms with Crippen LogP contribution in [0.25, 0.3) is 0 Å². The van der Waals surface area contributed by atoms with Gasteiger partial charge in [-0.05, 0) is 64.8 Å². The highest BCUT2D eigenvalue weighted by Gasteiger charge is 2.28. The number of hydrogen-bond donors (Lipinski definition) is 4. The Hall–Kier alpha value is -5.54. The zero-order valence-corrected chi connectivity index (χ0v) is 29.7. The van der Waals surface area contributed by atoms with Crippen molar-refractivity contribution in [3.05, 3.63) is 46.5 Å². The van der Waals surface area contributed by atoms with Crippen LogP contribution in [0.15, 0.2) is 24.3 Å². The topological polar surface area (TPSA) is 239 Å². The first-order chi connectivity index (χ1) is 24.3. The van der Waals surface area contributed by atoms with Gasteiger partial charge in [0.25, 0.3) is 0 Å². The molecule has 4 N–H and O–H groups in total. The molecule has 16 nitrogen and oxygen atoms in total. The van der Waals surface area contributed by atoms with Gasteiger partial charge in [-0.1, -0.05) is 0 Å². The maximum atomic E-state index is 13.2. The maximum Gasteiger partial charge on any atom is 0.342 e. The molecule has 0 aliphatic carbocycles. The molecule has 0 bridgehead atoms. The van der Waals surface area contributed by atoms with E-state index in [9.17, 15) is 49.2 Å². The Morgan fingerprint density at radius 2 is 0.654 bits per heavy atom. The highest BCUT2D eigenvalue weighted by molar-refractivity contribution is 5.95. The van der Waals surface area contributed by atoms with E-state index in [4.69, 9.17) is 28.4 Å². The fourth-order valence-corrected chi connectivity index (χ4v) is 5.51. The van der Waals surface area contributed by atoms with Crippen LogP contribution in [-0.4, -0.2) is 92.9 Å². The van der Waals surface area contributed by atoms with Crippen molar-refractivity contribution in [2.24, 2.45) is 0 Å². The second-order valence-corrected chi connectivity index (χ2v) is 12.9. The molecule has 16 heteroatoms. The Labute approximate surface area is 299 Å². The molecular formula is C36H44O16. The third-order valence-corrected chi connectivity index (χ3v) is 7.55. The molecule has 1 aliphatic rings. The number of aromatic hydroxyl groups is 4. The van der Waals surface area contributed by atoms with E-state index >= 15 is 0 Å². The molecule has 3 rings (SSSR count). The molecule has 1 aliphatic heterocycles. The molecule has 2 aromatic carbocycles. The number of hydrogen-bond acceptors (Lipinski definition) is 16. The summed E-state index contributed by atoms with van der Waals surface area (Å²) in [7, 11) is 0. The van der Waals surface area contributed by atoms with Crippen molar-refractivity contribution >= 4 is 35.8 Å². The summed E-state index contributed by atoms with van der Waals surface area (Å²) in [5.41, 5.74) is -0.552. The van der Waals surface area contributed by atoms with Crippen LogP contribution in [0.2, 0.25) is 0 Å². The van der Waals surface area contributed by atoms with Crippen molar-refractivity contribution in [3.8, 4) is 23.0 Å². The second kappa shape index (κ2) is 18.1. The van der Waals surface area contributed by atoms with Gasteiger partial charge in [-0.25, -0.2) is 9.59 Å². The molecule has 1 heterocycles. The van der Waals surface area contributed by atoms with Crippen LogP contribution < -0.4 is 0 Å². The minimum absolute atomic E-state index is 0.0572. The molecule has 2 aromatic rings. The Bertz CT molecular complexity index is 1670. The summed E-state index contributed by atoms with van der Waals surface area (Å²) in [6.45, 7) is 8.67. The highest BCUT2D eigenvalue weighted by Crippen LogP contribution is 2.31. The van der Waals surface area contributed by atoms with Gasteiger partial charge in [0.1, 0.15) is 70.7 Å². The van der Waals surface area contributed by atoms with E-state index in [1.807, 2.05) is 0 Å². The molecule has 0 unspecified atom stereocenters. The average molecular weight is 733 g/mol. The largest absolute Gasteiger partial charge is 0.508 e. The minimum Gasteiger partial charge on any atom is -0.508 e. The molecule has 0 spiro atoms. The van der Waals surface area contributed by atoms with E-state index in [0.29, 0.717) is 0 Å². The summed E-state index contributed by atoms with van der Waals surface area (Å²) in [6.07, 6.45) is -7.74. The SMILES string of the molecule is C[C@@H]1CC(=O)O[C@H](C)Cc2cc(O)cc(O)c2C(=O)O[C@H](C)CC(=O)O[C@H](C)Cc2cc(O)cc(O)c2C(=O)O[C@H](C)CC(=O)O[C@H](C)CC(=O)O1. The van der Waals surface area contributed by atoms with Crippen molar-refractivity contribution in [1.29, 1.82) is 0 Å². The van der Waals surface area contributed by atoms with Gasteiger partial charge in [-0.3, -0.25) is 19.2 Å². The van der Waals surface area contributed by atoms with Crippen LogP contribution in [0, 0.1) is 0 Å². The molecule has 0 aromatic heterocycles. The zero-order valence-electron chi connectivity index (χ0n) is 29.7. The van der Waals surface area contributed by atoms with Crippen LogP contribution in [0.3, 0.4) is 0 Å². The van der Waals surface area contributed by atoms with Gasteiger partial charge in [0, 0.05) is 25.0 Å². The van der Waals surface area contributed by atoms with E-state index in [1.165, 1.54) is 53.7 Å². The van der Waals surface area contributed by atoms with E-state index in [2.05, 4.69) is 0 Å². The van der Waals surface area contributed by atoms with Crippen molar-refractivity contribution < 1.29 is 77.6 Å². The van der Waals surface area contributed by atoms with E-state index in [1.54, 1.807) is 0 Å². The van der Waals surface area contributed by atoms with Crippen molar-refractivity contribution in [2.75, 3.05) is 0 Å². The Balaban J connectivity index is 1.87. The average Bonchev–Trinajstić information content (AvgIpc) is 2.94. The molecule has 52 heavy (non-hydrogen) atoms. The van der Waals surface area contributed by atoms with Crippen LogP contribution in [0.5, 0.6) is 23.0 Å². The number of phenolic OH excluding ortho intramolecular Hbond substituents is 4.